The third kappa shape index (κ3) is 1.66. The Morgan fingerprint density at radius 2 is 2.25 bits per heavy atom. The van der Waals surface area contributed by atoms with Crippen LogP contribution in [-0.2, 0) is 6.54 Å². The Morgan fingerprint density at radius 1 is 1.38 bits per heavy atom. The SMILES string of the molecule is S=c1[nH]nc(Cn2cnc3ccccc32)s1. The Kier molecular flexibility index (Phi) is 2.30. The highest BCUT2D eigenvalue weighted by atomic mass is 32.1. The molecule has 0 radical (unpaired) electrons. The van der Waals surface area contributed by atoms with E-state index in [0.29, 0.717) is 10.5 Å². The minimum absolute atomic E-state index is 0.707. The molecule has 0 aliphatic heterocycles. The average molecular weight is 248 g/mol. The van der Waals surface area contributed by atoms with Crippen molar-refractivity contribution in [3.05, 3.63) is 39.6 Å². The number of imidazole rings is 1. The van der Waals surface area contributed by atoms with Crippen molar-refractivity contribution in [3.63, 3.8) is 0 Å². The number of aromatic nitrogens is 4. The molecule has 0 fully saturated rings. The number of para-hydroxylation sites is 2. The Morgan fingerprint density at radius 3 is 3.06 bits per heavy atom. The van der Waals surface area contributed by atoms with Crippen molar-refractivity contribution in [2.45, 2.75) is 6.54 Å². The second kappa shape index (κ2) is 3.80. The van der Waals surface area contributed by atoms with Gasteiger partial charge < -0.3 is 4.57 Å². The molecule has 1 aromatic carbocycles. The number of H-pyrrole nitrogens is 1. The normalized spacial score (nSPS) is 11.0. The highest BCUT2D eigenvalue weighted by Crippen LogP contribution is 2.14. The summed E-state index contributed by atoms with van der Waals surface area (Å²) in [6.07, 6.45) is 1.83. The Balaban J connectivity index is 2.03. The zero-order chi connectivity index (χ0) is 11.0. The number of fused-ring (bicyclic) bond motifs is 1. The van der Waals surface area contributed by atoms with Crippen molar-refractivity contribution in [1.82, 2.24) is 19.7 Å². The fraction of sp³-hybridized carbons (Fsp3) is 0.100. The molecule has 2 heterocycles. The molecule has 0 spiro atoms. The van der Waals surface area contributed by atoms with Crippen molar-refractivity contribution < 1.29 is 0 Å². The first-order valence-corrected chi connectivity index (χ1v) is 6.00. The van der Waals surface area contributed by atoms with E-state index in [1.54, 1.807) is 0 Å². The molecular formula is C10H8N4S2. The van der Waals surface area contributed by atoms with Crippen molar-refractivity contribution in [1.29, 1.82) is 0 Å². The highest BCUT2D eigenvalue weighted by Gasteiger charge is 2.04. The lowest BCUT2D eigenvalue weighted by molar-refractivity contribution is 0.799. The molecule has 16 heavy (non-hydrogen) atoms. The van der Waals surface area contributed by atoms with E-state index < -0.39 is 0 Å². The molecule has 0 saturated carbocycles. The molecular weight excluding hydrogens is 240 g/mol. The van der Waals surface area contributed by atoms with Gasteiger partial charge in [0, 0.05) is 0 Å². The predicted molar refractivity (Wildman–Crippen MR) is 66.1 cm³/mol. The summed E-state index contributed by atoms with van der Waals surface area (Å²) < 4.78 is 2.77. The van der Waals surface area contributed by atoms with Gasteiger partial charge in [-0.2, -0.15) is 5.10 Å². The van der Waals surface area contributed by atoms with Crippen LogP contribution in [0.1, 0.15) is 5.01 Å². The van der Waals surface area contributed by atoms with Crippen LogP contribution < -0.4 is 0 Å². The molecule has 0 unspecified atom stereocenters. The Hall–Kier alpha value is -1.53. The van der Waals surface area contributed by atoms with Crippen LogP contribution in [0.25, 0.3) is 11.0 Å². The summed E-state index contributed by atoms with van der Waals surface area (Å²) in [6, 6.07) is 8.04. The first kappa shape index (κ1) is 9.68. The van der Waals surface area contributed by atoms with Gasteiger partial charge in [-0.15, -0.1) is 0 Å². The Bertz CT molecular complexity index is 679. The van der Waals surface area contributed by atoms with Gasteiger partial charge in [0.15, 0.2) is 3.95 Å². The number of hydrogen-bond acceptors (Lipinski definition) is 4. The summed E-state index contributed by atoms with van der Waals surface area (Å²) in [6.45, 7) is 0.707. The minimum atomic E-state index is 0.707. The van der Waals surface area contributed by atoms with Crippen LogP contribution in [0.3, 0.4) is 0 Å². The van der Waals surface area contributed by atoms with Crippen molar-refractivity contribution in [2.24, 2.45) is 0 Å². The van der Waals surface area contributed by atoms with Gasteiger partial charge in [0.1, 0.15) is 5.01 Å². The first-order valence-electron chi connectivity index (χ1n) is 4.77. The smallest absolute Gasteiger partial charge is 0.176 e. The summed E-state index contributed by atoms with van der Waals surface area (Å²) in [5, 5.41) is 7.88. The molecule has 0 saturated heterocycles. The van der Waals surface area contributed by atoms with E-state index in [0.717, 1.165) is 16.0 Å². The molecule has 0 bridgehead atoms. The molecule has 0 aliphatic rings. The topological polar surface area (TPSA) is 46.5 Å². The summed E-state index contributed by atoms with van der Waals surface area (Å²) in [7, 11) is 0. The van der Waals surface area contributed by atoms with Crippen molar-refractivity contribution >= 4 is 34.6 Å². The van der Waals surface area contributed by atoms with Crippen LogP contribution in [-0.4, -0.2) is 19.7 Å². The number of nitrogens with zero attached hydrogens (tertiary/aromatic N) is 3. The number of nitrogens with one attached hydrogen (secondary N) is 1. The van der Waals surface area contributed by atoms with Crippen molar-refractivity contribution in [2.75, 3.05) is 0 Å². The minimum Gasteiger partial charge on any atom is -0.324 e. The van der Waals surface area contributed by atoms with E-state index in [4.69, 9.17) is 12.2 Å². The maximum absolute atomic E-state index is 5.00. The first-order chi connectivity index (χ1) is 7.83. The van der Waals surface area contributed by atoms with Crippen LogP contribution in [0.15, 0.2) is 30.6 Å². The number of rotatable bonds is 2. The molecule has 0 amide bonds. The number of benzene rings is 1. The summed E-state index contributed by atoms with van der Waals surface area (Å²) >= 11 is 6.49. The third-order valence-electron chi connectivity index (χ3n) is 2.32. The molecule has 2 aromatic heterocycles. The molecule has 80 valence electrons. The zero-order valence-electron chi connectivity index (χ0n) is 8.25. The van der Waals surface area contributed by atoms with Gasteiger partial charge in [-0.25, -0.2) is 4.98 Å². The zero-order valence-corrected chi connectivity index (χ0v) is 9.88. The van der Waals surface area contributed by atoms with Gasteiger partial charge in [-0.05, 0) is 24.4 Å². The fourth-order valence-corrected chi connectivity index (χ4v) is 2.54. The van der Waals surface area contributed by atoms with Gasteiger partial charge in [0.2, 0.25) is 0 Å². The maximum atomic E-state index is 5.00. The third-order valence-corrected chi connectivity index (χ3v) is 3.39. The summed E-state index contributed by atoms with van der Waals surface area (Å²) in [4.78, 5) is 4.33. The second-order valence-corrected chi connectivity index (χ2v) is 5.12. The lowest BCUT2D eigenvalue weighted by Gasteiger charge is -1.99. The van der Waals surface area contributed by atoms with Crippen LogP contribution in [0.5, 0.6) is 0 Å². The van der Waals surface area contributed by atoms with E-state index in [1.165, 1.54) is 11.3 Å². The van der Waals surface area contributed by atoms with Crippen LogP contribution in [0, 0.1) is 3.95 Å². The highest BCUT2D eigenvalue weighted by molar-refractivity contribution is 7.73. The molecule has 3 rings (SSSR count). The number of hydrogen-bond donors (Lipinski definition) is 1. The van der Waals surface area contributed by atoms with E-state index in [-0.39, 0.29) is 0 Å². The summed E-state index contributed by atoms with van der Waals surface area (Å²) in [5.41, 5.74) is 2.12. The van der Waals surface area contributed by atoms with Gasteiger partial charge >= 0.3 is 0 Å². The molecule has 0 aliphatic carbocycles. The molecule has 3 aromatic rings. The fourth-order valence-electron chi connectivity index (χ4n) is 1.61. The standard InChI is InChI=1S/C10H8N4S2/c15-10-13-12-9(16-10)5-14-6-11-7-3-1-2-4-8(7)14/h1-4,6H,5H2,(H,13,15). The van der Waals surface area contributed by atoms with Crippen LogP contribution in [0.2, 0.25) is 0 Å². The monoisotopic (exact) mass is 248 g/mol. The lowest BCUT2D eigenvalue weighted by atomic mass is 10.3. The largest absolute Gasteiger partial charge is 0.324 e. The number of aromatic amines is 1. The van der Waals surface area contributed by atoms with Gasteiger partial charge in [-0.1, -0.05) is 23.5 Å². The molecule has 0 atom stereocenters. The van der Waals surface area contributed by atoms with Crippen LogP contribution in [0.4, 0.5) is 0 Å². The molecule has 1 N–H and O–H groups in total. The van der Waals surface area contributed by atoms with Crippen molar-refractivity contribution in [3.8, 4) is 0 Å². The quantitative estimate of drug-likeness (QED) is 0.709. The molecule has 6 heteroatoms. The summed E-state index contributed by atoms with van der Waals surface area (Å²) in [5.74, 6) is 0. The van der Waals surface area contributed by atoms with Gasteiger partial charge in [0.05, 0.1) is 23.9 Å². The van der Waals surface area contributed by atoms with E-state index >= 15 is 0 Å². The van der Waals surface area contributed by atoms with E-state index in [9.17, 15) is 0 Å². The Labute approximate surface area is 101 Å². The second-order valence-electron chi connectivity index (χ2n) is 3.37. The van der Waals surface area contributed by atoms with E-state index in [1.807, 2.05) is 30.6 Å². The predicted octanol–water partition coefficient (Wildman–Crippen LogP) is 2.60. The lowest BCUT2D eigenvalue weighted by Crippen LogP contribution is -1.97. The van der Waals surface area contributed by atoms with Crippen LogP contribution >= 0.6 is 23.6 Å². The molecule has 4 nitrogen and oxygen atoms in total. The van der Waals surface area contributed by atoms with E-state index in [2.05, 4.69) is 19.7 Å². The van der Waals surface area contributed by atoms with Gasteiger partial charge in [-0.3, -0.25) is 5.10 Å². The van der Waals surface area contributed by atoms with Gasteiger partial charge in [0.25, 0.3) is 0 Å². The average Bonchev–Trinajstić information content (AvgIpc) is 2.87. The maximum Gasteiger partial charge on any atom is 0.176 e.